The molecule has 1 aromatic carbocycles. The van der Waals surface area contributed by atoms with Gasteiger partial charge in [0.1, 0.15) is 5.75 Å². The van der Waals surface area contributed by atoms with Crippen molar-refractivity contribution in [1.29, 1.82) is 0 Å². The lowest BCUT2D eigenvalue weighted by molar-refractivity contribution is 0.0756. The monoisotopic (exact) mass is 275 g/mol. The topological polar surface area (TPSA) is 40.5 Å². The summed E-state index contributed by atoms with van der Waals surface area (Å²) < 4.78 is 0. The van der Waals surface area contributed by atoms with Gasteiger partial charge in [-0.15, -0.1) is 0 Å². The molecule has 1 aliphatic heterocycles. The lowest BCUT2D eigenvalue weighted by Crippen LogP contribution is -2.32. The molecule has 110 valence electrons. The van der Waals surface area contributed by atoms with Crippen molar-refractivity contribution in [2.45, 2.75) is 46.0 Å². The lowest BCUT2D eigenvalue weighted by atomic mass is 9.96. The number of phenols is 1. The molecule has 1 N–H and O–H groups in total. The van der Waals surface area contributed by atoms with Crippen LogP contribution in [0.3, 0.4) is 0 Å². The zero-order chi connectivity index (χ0) is 14.5. The molecule has 20 heavy (non-hydrogen) atoms. The van der Waals surface area contributed by atoms with E-state index in [0.717, 1.165) is 37.4 Å². The van der Waals surface area contributed by atoms with E-state index in [1.54, 1.807) is 12.1 Å². The molecule has 0 spiro atoms. The molecule has 3 heteroatoms. The highest BCUT2D eigenvalue weighted by Crippen LogP contribution is 2.25. The van der Waals surface area contributed by atoms with Crippen LogP contribution < -0.4 is 0 Å². The van der Waals surface area contributed by atoms with E-state index in [0.29, 0.717) is 5.56 Å². The second-order valence-electron chi connectivity index (χ2n) is 5.90. The van der Waals surface area contributed by atoms with E-state index in [-0.39, 0.29) is 11.7 Å². The summed E-state index contributed by atoms with van der Waals surface area (Å²) in [6.07, 6.45) is 5.86. The van der Waals surface area contributed by atoms with Gasteiger partial charge in [-0.05, 0) is 44.2 Å². The molecule has 1 heterocycles. The first-order valence-corrected chi connectivity index (χ1v) is 7.70. The van der Waals surface area contributed by atoms with E-state index in [2.05, 4.69) is 6.92 Å². The molecule has 1 atom stereocenters. The van der Waals surface area contributed by atoms with Crippen molar-refractivity contribution in [2.75, 3.05) is 13.1 Å². The Morgan fingerprint density at radius 1 is 1.35 bits per heavy atom. The number of amides is 1. The van der Waals surface area contributed by atoms with Gasteiger partial charge in [-0.3, -0.25) is 4.79 Å². The van der Waals surface area contributed by atoms with Gasteiger partial charge in [0.2, 0.25) is 0 Å². The van der Waals surface area contributed by atoms with Crippen molar-refractivity contribution in [2.24, 2.45) is 5.92 Å². The standard InChI is InChI=1S/C17H25NO2/c1-3-5-14-6-4-10-18(11-9-14)17(20)15-12-13(2)7-8-16(15)19/h7-8,12,14,19H,3-6,9-11H2,1-2H3. The van der Waals surface area contributed by atoms with E-state index in [4.69, 9.17) is 0 Å². The Balaban J connectivity index is 2.07. The third-order valence-electron chi connectivity index (χ3n) is 4.21. The number of benzene rings is 1. The molecule has 1 amide bonds. The van der Waals surface area contributed by atoms with Crippen molar-refractivity contribution < 1.29 is 9.90 Å². The minimum absolute atomic E-state index is 0.0247. The number of nitrogens with zero attached hydrogens (tertiary/aromatic N) is 1. The summed E-state index contributed by atoms with van der Waals surface area (Å²) in [5, 5.41) is 9.90. The highest BCUT2D eigenvalue weighted by Gasteiger charge is 2.23. The highest BCUT2D eigenvalue weighted by atomic mass is 16.3. The van der Waals surface area contributed by atoms with E-state index in [1.807, 2.05) is 17.9 Å². The van der Waals surface area contributed by atoms with Gasteiger partial charge in [-0.1, -0.05) is 31.4 Å². The van der Waals surface area contributed by atoms with Crippen LogP contribution in [0.4, 0.5) is 0 Å². The SMILES string of the molecule is CCCC1CCCN(C(=O)c2cc(C)ccc2O)CC1. The Bertz CT molecular complexity index is 470. The molecule has 3 nitrogen and oxygen atoms in total. The maximum absolute atomic E-state index is 12.6. The number of hydrogen-bond acceptors (Lipinski definition) is 2. The first-order valence-electron chi connectivity index (χ1n) is 7.70. The predicted molar refractivity (Wildman–Crippen MR) is 81.0 cm³/mol. The highest BCUT2D eigenvalue weighted by molar-refractivity contribution is 5.97. The van der Waals surface area contributed by atoms with Crippen LogP contribution in [0.5, 0.6) is 5.75 Å². The summed E-state index contributed by atoms with van der Waals surface area (Å²) in [5.41, 5.74) is 1.45. The van der Waals surface area contributed by atoms with Crippen molar-refractivity contribution in [3.8, 4) is 5.75 Å². The Labute approximate surface area is 121 Å². The van der Waals surface area contributed by atoms with Crippen LogP contribution in [0.15, 0.2) is 18.2 Å². The van der Waals surface area contributed by atoms with E-state index in [9.17, 15) is 9.90 Å². The van der Waals surface area contributed by atoms with Crippen LogP contribution in [0.25, 0.3) is 0 Å². The minimum Gasteiger partial charge on any atom is -0.507 e. The number of carbonyl (C=O) groups is 1. The molecule has 1 saturated heterocycles. The first kappa shape index (κ1) is 14.9. The van der Waals surface area contributed by atoms with Crippen LogP contribution in [0.2, 0.25) is 0 Å². The van der Waals surface area contributed by atoms with Crippen molar-refractivity contribution in [1.82, 2.24) is 4.90 Å². The fourth-order valence-corrected chi connectivity index (χ4v) is 3.06. The summed E-state index contributed by atoms with van der Waals surface area (Å²) >= 11 is 0. The summed E-state index contributed by atoms with van der Waals surface area (Å²) in [5.74, 6) is 0.821. The first-order chi connectivity index (χ1) is 9.61. The zero-order valence-corrected chi connectivity index (χ0v) is 12.6. The van der Waals surface area contributed by atoms with Crippen molar-refractivity contribution in [3.05, 3.63) is 29.3 Å². The average molecular weight is 275 g/mol. The van der Waals surface area contributed by atoms with Crippen LogP contribution in [0.1, 0.15) is 54.9 Å². The zero-order valence-electron chi connectivity index (χ0n) is 12.6. The molecule has 0 aromatic heterocycles. The molecular weight excluding hydrogens is 250 g/mol. The third kappa shape index (κ3) is 3.53. The number of aromatic hydroxyl groups is 1. The van der Waals surface area contributed by atoms with E-state index in [1.165, 1.54) is 19.3 Å². The lowest BCUT2D eigenvalue weighted by Gasteiger charge is -2.21. The molecule has 1 aromatic rings. The maximum atomic E-state index is 12.6. The van der Waals surface area contributed by atoms with Crippen molar-refractivity contribution in [3.63, 3.8) is 0 Å². The normalized spacial score (nSPS) is 19.7. The van der Waals surface area contributed by atoms with E-state index < -0.39 is 0 Å². The molecule has 1 unspecified atom stereocenters. The Kier molecular flexibility index (Phi) is 5.05. The summed E-state index contributed by atoms with van der Waals surface area (Å²) in [7, 11) is 0. The quantitative estimate of drug-likeness (QED) is 0.912. The largest absolute Gasteiger partial charge is 0.507 e. The summed E-state index contributed by atoms with van der Waals surface area (Å²) in [6, 6.07) is 5.22. The Hall–Kier alpha value is -1.51. The fourth-order valence-electron chi connectivity index (χ4n) is 3.06. The van der Waals surface area contributed by atoms with Gasteiger partial charge in [-0.2, -0.15) is 0 Å². The minimum atomic E-state index is -0.0247. The number of carbonyl (C=O) groups excluding carboxylic acids is 1. The Morgan fingerprint density at radius 2 is 2.15 bits per heavy atom. The molecule has 0 radical (unpaired) electrons. The van der Waals surface area contributed by atoms with Gasteiger partial charge < -0.3 is 10.0 Å². The van der Waals surface area contributed by atoms with Gasteiger partial charge >= 0.3 is 0 Å². The van der Waals surface area contributed by atoms with Crippen LogP contribution in [-0.2, 0) is 0 Å². The molecule has 0 saturated carbocycles. The molecular formula is C17H25NO2. The van der Waals surface area contributed by atoms with Gasteiger partial charge in [0, 0.05) is 13.1 Å². The van der Waals surface area contributed by atoms with Gasteiger partial charge in [0.05, 0.1) is 5.56 Å². The van der Waals surface area contributed by atoms with Crippen LogP contribution in [-0.4, -0.2) is 29.0 Å². The van der Waals surface area contributed by atoms with Crippen LogP contribution >= 0.6 is 0 Å². The number of hydrogen-bond donors (Lipinski definition) is 1. The Morgan fingerprint density at radius 3 is 2.90 bits per heavy atom. The summed E-state index contributed by atoms with van der Waals surface area (Å²) in [6.45, 7) is 5.79. The van der Waals surface area contributed by atoms with Gasteiger partial charge in [-0.25, -0.2) is 0 Å². The third-order valence-corrected chi connectivity index (χ3v) is 4.21. The second kappa shape index (κ2) is 6.78. The number of phenolic OH excluding ortho intramolecular Hbond substituents is 1. The molecule has 0 aliphatic carbocycles. The van der Waals surface area contributed by atoms with Gasteiger partial charge in [0.25, 0.3) is 5.91 Å². The number of aryl methyl sites for hydroxylation is 1. The molecule has 1 aliphatic rings. The second-order valence-corrected chi connectivity index (χ2v) is 5.90. The molecule has 0 bridgehead atoms. The smallest absolute Gasteiger partial charge is 0.257 e. The van der Waals surface area contributed by atoms with Crippen LogP contribution in [0, 0.1) is 12.8 Å². The summed E-state index contributed by atoms with van der Waals surface area (Å²) in [4.78, 5) is 14.5. The van der Waals surface area contributed by atoms with E-state index >= 15 is 0 Å². The molecule has 2 rings (SSSR count). The number of rotatable bonds is 3. The van der Waals surface area contributed by atoms with Gasteiger partial charge in [0.15, 0.2) is 0 Å². The fraction of sp³-hybridized carbons (Fsp3) is 0.588. The average Bonchev–Trinajstić information content (AvgIpc) is 2.67. The maximum Gasteiger partial charge on any atom is 0.257 e. The number of likely N-dealkylation sites (tertiary alicyclic amines) is 1. The predicted octanol–water partition coefficient (Wildman–Crippen LogP) is 3.74. The molecule has 1 fully saturated rings. The van der Waals surface area contributed by atoms with Crippen molar-refractivity contribution >= 4 is 5.91 Å².